The third-order valence-corrected chi connectivity index (χ3v) is 5.34. The first-order valence-electron chi connectivity index (χ1n) is 10.2. The van der Waals surface area contributed by atoms with E-state index in [1.54, 1.807) is 12.1 Å². The molecule has 0 atom stereocenters. The van der Waals surface area contributed by atoms with E-state index in [0.29, 0.717) is 0 Å². The smallest absolute Gasteiger partial charge is 0.243 e. The van der Waals surface area contributed by atoms with Crippen molar-refractivity contribution in [1.82, 2.24) is 10.2 Å². The van der Waals surface area contributed by atoms with Gasteiger partial charge in [-0.3, -0.25) is 14.5 Å². The van der Waals surface area contributed by atoms with E-state index >= 15 is 0 Å². The lowest BCUT2D eigenvalue weighted by atomic mass is 10.1. The van der Waals surface area contributed by atoms with Gasteiger partial charge < -0.3 is 20.6 Å². The minimum absolute atomic E-state index is 0.0426. The van der Waals surface area contributed by atoms with Gasteiger partial charge in [0.25, 0.3) is 0 Å². The predicted octanol–water partition coefficient (Wildman–Crippen LogP) is 2.19. The number of anilines is 2. The molecule has 7 nitrogen and oxygen atoms in total. The molecule has 3 N–H and O–H groups in total. The lowest BCUT2D eigenvalue weighted by molar-refractivity contribution is -0.125. The number of nitrogens with one attached hydrogen (secondary N) is 2. The van der Waals surface area contributed by atoms with Crippen LogP contribution in [-0.2, 0) is 9.59 Å². The molecule has 0 radical (unpaired) electrons. The first-order valence-corrected chi connectivity index (χ1v) is 10.2. The summed E-state index contributed by atoms with van der Waals surface area (Å²) in [6.07, 6.45) is 0. The molecule has 0 aromatic heterocycles. The normalized spacial score (nSPS) is 14.4. The van der Waals surface area contributed by atoms with Crippen LogP contribution in [0.1, 0.15) is 16.7 Å². The largest absolute Gasteiger partial charge is 0.508 e. The standard InChI is InChI=1S/C23H30N4O3/c1-16-12-17(2)23(18(3)13-16)25-21(29)14-24-22(30)15-26-8-10-27(11-9-26)19-4-6-20(28)7-5-19/h4-7,12-13,28H,8-11,14-15H2,1-3H3,(H,24,30)(H,25,29). The van der Waals surface area contributed by atoms with Crippen molar-refractivity contribution in [2.24, 2.45) is 0 Å². The Balaban J connectivity index is 1.41. The van der Waals surface area contributed by atoms with E-state index in [1.165, 1.54) is 0 Å². The van der Waals surface area contributed by atoms with Crippen LogP contribution in [0.2, 0.25) is 0 Å². The highest BCUT2D eigenvalue weighted by Gasteiger charge is 2.19. The van der Waals surface area contributed by atoms with Crippen LogP contribution in [0, 0.1) is 20.8 Å². The van der Waals surface area contributed by atoms with Crippen LogP contribution in [-0.4, -0.2) is 61.1 Å². The summed E-state index contributed by atoms with van der Waals surface area (Å²) in [5.41, 5.74) is 5.06. The molecule has 1 heterocycles. The maximum atomic E-state index is 12.3. The van der Waals surface area contributed by atoms with Crippen molar-refractivity contribution in [3.05, 3.63) is 53.1 Å². The number of rotatable bonds is 6. The molecule has 30 heavy (non-hydrogen) atoms. The van der Waals surface area contributed by atoms with Crippen molar-refractivity contribution in [1.29, 1.82) is 0 Å². The summed E-state index contributed by atoms with van der Waals surface area (Å²) in [6, 6.07) is 11.2. The second kappa shape index (κ2) is 9.63. The van der Waals surface area contributed by atoms with Crippen molar-refractivity contribution in [3.8, 4) is 5.75 Å². The zero-order valence-electron chi connectivity index (χ0n) is 17.9. The van der Waals surface area contributed by atoms with Crippen molar-refractivity contribution in [3.63, 3.8) is 0 Å². The van der Waals surface area contributed by atoms with E-state index in [-0.39, 0.29) is 30.7 Å². The van der Waals surface area contributed by atoms with Gasteiger partial charge in [0.1, 0.15) is 5.75 Å². The molecular formula is C23H30N4O3. The number of benzene rings is 2. The van der Waals surface area contributed by atoms with Gasteiger partial charge in [-0.1, -0.05) is 17.7 Å². The Morgan fingerprint density at radius 2 is 1.53 bits per heavy atom. The molecule has 1 aliphatic rings. The molecule has 0 spiro atoms. The van der Waals surface area contributed by atoms with Crippen LogP contribution in [0.5, 0.6) is 5.75 Å². The number of carbonyl (C=O) groups excluding carboxylic acids is 2. The maximum absolute atomic E-state index is 12.3. The highest BCUT2D eigenvalue weighted by Crippen LogP contribution is 2.22. The minimum atomic E-state index is -0.226. The van der Waals surface area contributed by atoms with E-state index in [4.69, 9.17) is 0 Å². The fraction of sp³-hybridized carbons (Fsp3) is 0.391. The molecule has 7 heteroatoms. The van der Waals surface area contributed by atoms with Gasteiger partial charge >= 0.3 is 0 Å². The molecule has 0 unspecified atom stereocenters. The van der Waals surface area contributed by atoms with Crippen molar-refractivity contribution >= 4 is 23.2 Å². The highest BCUT2D eigenvalue weighted by molar-refractivity contribution is 5.96. The number of carbonyl (C=O) groups is 2. The van der Waals surface area contributed by atoms with Gasteiger partial charge in [0, 0.05) is 37.6 Å². The van der Waals surface area contributed by atoms with E-state index in [9.17, 15) is 14.7 Å². The van der Waals surface area contributed by atoms with Crippen molar-refractivity contribution in [2.45, 2.75) is 20.8 Å². The highest BCUT2D eigenvalue weighted by atomic mass is 16.3. The van der Waals surface area contributed by atoms with Gasteiger partial charge in [-0.2, -0.15) is 0 Å². The lowest BCUT2D eigenvalue weighted by Crippen LogP contribution is -2.50. The molecule has 160 valence electrons. The molecule has 0 bridgehead atoms. The first-order chi connectivity index (χ1) is 14.3. The predicted molar refractivity (Wildman–Crippen MR) is 119 cm³/mol. The number of phenolic OH excluding ortho intramolecular Hbond substituents is 1. The number of piperazine rings is 1. The lowest BCUT2D eigenvalue weighted by Gasteiger charge is -2.35. The van der Waals surface area contributed by atoms with Crippen molar-refractivity contribution in [2.75, 3.05) is 49.5 Å². The van der Waals surface area contributed by atoms with Gasteiger partial charge in [0.05, 0.1) is 13.1 Å². The summed E-state index contributed by atoms with van der Waals surface area (Å²) < 4.78 is 0. The Kier molecular flexibility index (Phi) is 6.95. The van der Waals surface area contributed by atoms with Gasteiger partial charge in [-0.15, -0.1) is 0 Å². The van der Waals surface area contributed by atoms with E-state index in [0.717, 1.165) is 54.2 Å². The number of aryl methyl sites for hydroxylation is 3. The number of amides is 2. The Bertz CT molecular complexity index is 880. The van der Waals surface area contributed by atoms with Gasteiger partial charge in [0.2, 0.25) is 11.8 Å². The Morgan fingerprint density at radius 1 is 0.933 bits per heavy atom. The summed E-state index contributed by atoms with van der Waals surface area (Å²) in [4.78, 5) is 28.8. The number of hydrogen-bond donors (Lipinski definition) is 3. The van der Waals surface area contributed by atoms with Crippen LogP contribution in [0.4, 0.5) is 11.4 Å². The Morgan fingerprint density at radius 3 is 2.13 bits per heavy atom. The van der Waals surface area contributed by atoms with E-state index < -0.39 is 0 Å². The van der Waals surface area contributed by atoms with Crippen LogP contribution >= 0.6 is 0 Å². The van der Waals surface area contributed by atoms with Crippen LogP contribution in [0.25, 0.3) is 0 Å². The molecule has 3 rings (SSSR count). The molecule has 0 aliphatic carbocycles. The number of nitrogens with zero attached hydrogens (tertiary/aromatic N) is 2. The summed E-state index contributed by atoms with van der Waals surface area (Å²) >= 11 is 0. The zero-order valence-corrected chi connectivity index (χ0v) is 17.9. The Labute approximate surface area is 177 Å². The van der Waals surface area contributed by atoms with Crippen LogP contribution in [0.15, 0.2) is 36.4 Å². The fourth-order valence-electron chi connectivity index (χ4n) is 3.83. The SMILES string of the molecule is Cc1cc(C)c(NC(=O)CNC(=O)CN2CCN(c3ccc(O)cc3)CC2)c(C)c1. The molecule has 1 fully saturated rings. The van der Waals surface area contributed by atoms with E-state index in [2.05, 4.69) is 20.4 Å². The van der Waals surface area contributed by atoms with E-state index in [1.807, 2.05) is 45.0 Å². The average Bonchev–Trinajstić information content (AvgIpc) is 2.70. The zero-order chi connectivity index (χ0) is 21.7. The summed E-state index contributed by atoms with van der Waals surface area (Å²) in [7, 11) is 0. The molecule has 2 aromatic rings. The third kappa shape index (κ3) is 5.73. The molecule has 1 saturated heterocycles. The van der Waals surface area contributed by atoms with Crippen LogP contribution in [0.3, 0.4) is 0 Å². The van der Waals surface area contributed by atoms with Crippen LogP contribution < -0.4 is 15.5 Å². The number of aromatic hydroxyl groups is 1. The van der Waals surface area contributed by atoms with Gasteiger partial charge in [-0.05, 0) is 56.2 Å². The monoisotopic (exact) mass is 410 g/mol. The second-order valence-electron chi connectivity index (χ2n) is 7.88. The van der Waals surface area contributed by atoms with Gasteiger partial charge in [0.15, 0.2) is 0 Å². The maximum Gasteiger partial charge on any atom is 0.243 e. The summed E-state index contributed by atoms with van der Waals surface area (Å²) in [5.74, 6) is -0.123. The fourth-order valence-corrected chi connectivity index (χ4v) is 3.83. The van der Waals surface area contributed by atoms with Crippen molar-refractivity contribution < 1.29 is 14.7 Å². The average molecular weight is 411 g/mol. The summed E-state index contributed by atoms with van der Waals surface area (Å²) in [5, 5.41) is 15.0. The third-order valence-electron chi connectivity index (χ3n) is 5.34. The number of phenols is 1. The molecular weight excluding hydrogens is 380 g/mol. The Hall–Kier alpha value is -3.06. The number of hydrogen-bond acceptors (Lipinski definition) is 5. The topological polar surface area (TPSA) is 84.9 Å². The molecule has 2 aromatic carbocycles. The minimum Gasteiger partial charge on any atom is -0.508 e. The quantitative estimate of drug-likeness (QED) is 0.680. The molecule has 0 saturated carbocycles. The molecule has 2 amide bonds. The molecule has 1 aliphatic heterocycles. The first kappa shape index (κ1) is 21.6. The second-order valence-corrected chi connectivity index (χ2v) is 7.88. The summed E-state index contributed by atoms with van der Waals surface area (Å²) in [6.45, 7) is 9.34. The van der Waals surface area contributed by atoms with Gasteiger partial charge in [-0.25, -0.2) is 0 Å².